The first-order valence-electron chi connectivity index (χ1n) is 8.93. The van der Waals surface area contributed by atoms with Gasteiger partial charge < -0.3 is 10.1 Å². The third kappa shape index (κ3) is 3.21. The van der Waals surface area contributed by atoms with Crippen LogP contribution in [-0.2, 0) is 17.6 Å². The van der Waals surface area contributed by atoms with Gasteiger partial charge in [0.25, 0.3) is 5.56 Å². The molecule has 1 N–H and O–H groups in total. The third-order valence-electron chi connectivity index (χ3n) is 4.91. The smallest absolute Gasteiger partial charge is 0.279 e. The minimum absolute atomic E-state index is 0.239. The molecule has 0 radical (unpaired) electrons. The molecule has 0 saturated heterocycles. The summed E-state index contributed by atoms with van der Waals surface area (Å²) in [5.74, 6) is 0.385. The molecule has 4 rings (SSSR count). The number of nitrogens with zero attached hydrogens (tertiary/aromatic N) is 3. The topological polar surface area (TPSA) is 86.1 Å². The van der Waals surface area contributed by atoms with Crippen molar-refractivity contribution in [3.8, 4) is 5.75 Å². The number of amides is 1. The van der Waals surface area contributed by atoms with Gasteiger partial charge in [0, 0.05) is 10.6 Å². The minimum atomic E-state index is -0.768. The van der Waals surface area contributed by atoms with E-state index in [4.69, 9.17) is 4.74 Å². The van der Waals surface area contributed by atoms with E-state index in [2.05, 4.69) is 15.6 Å². The molecule has 1 aliphatic carbocycles. The summed E-state index contributed by atoms with van der Waals surface area (Å²) >= 11 is 1.55. The zero-order valence-corrected chi connectivity index (χ0v) is 16.0. The molecule has 0 fully saturated rings. The standard InChI is InChI=1S/C19H20N4O3S/c1-11(17(24)20-12-7-9-13(26-2)10-8-12)23-19(25)16-14-5-3-4-6-15(14)27-18(16)21-22-23/h7-11H,3-6H2,1-2H3,(H,20,24)/t11-/m1/s1. The van der Waals surface area contributed by atoms with E-state index >= 15 is 0 Å². The highest BCUT2D eigenvalue weighted by molar-refractivity contribution is 7.18. The van der Waals surface area contributed by atoms with Crippen LogP contribution in [0.1, 0.15) is 36.2 Å². The number of rotatable bonds is 4. The molecule has 27 heavy (non-hydrogen) atoms. The zero-order valence-electron chi connectivity index (χ0n) is 15.2. The van der Waals surface area contributed by atoms with Gasteiger partial charge in [0.05, 0.1) is 12.5 Å². The summed E-state index contributed by atoms with van der Waals surface area (Å²) in [6.07, 6.45) is 4.10. The highest BCUT2D eigenvalue weighted by Crippen LogP contribution is 2.33. The molecule has 1 amide bonds. The predicted molar refractivity (Wildman–Crippen MR) is 105 cm³/mol. The molecule has 0 unspecified atom stereocenters. The van der Waals surface area contributed by atoms with E-state index in [-0.39, 0.29) is 11.5 Å². The Bertz CT molecular complexity index is 1060. The summed E-state index contributed by atoms with van der Waals surface area (Å²) in [6, 6.07) is 6.24. The van der Waals surface area contributed by atoms with E-state index in [0.29, 0.717) is 21.7 Å². The lowest BCUT2D eigenvalue weighted by atomic mass is 9.97. The number of aryl methyl sites for hydroxylation is 2. The average molecular weight is 384 g/mol. The fourth-order valence-corrected chi connectivity index (χ4v) is 4.57. The van der Waals surface area contributed by atoms with Crippen LogP contribution in [0.15, 0.2) is 29.1 Å². The van der Waals surface area contributed by atoms with Gasteiger partial charge in [0.2, 0.25) is 5.91 Å². The van der Waals surface area contributed by atoms with Crippen LogP contribution >= 0.6 is 11.3 Å². The maximum atomic E-state index is 13.0. The maximum absolute atomic E-state index is 13.0. The van der Waals surface area contributed by atoms with Crippen molar-refractivity contribution < 1.29 is 9.53 Å². The van der Waals surface area contributed by atoms with Gasteiger partial charge in [-0.2, -0.15) is 4.68 Å². The van der Waals surface area contributed by atoms with Gasteiger partial charge in [-0.15, -0.1) is 16.4 Å². The Kier molecular flexibility index (Phi) is 4.65. The van der Waals surface area contributed by atoms with Gasteiger partial charge in [-0.05, 0) is 62.4 Å². The number of hydrogen-bond donors (Lipinski definition) is 1. The number of fused-ring (bicyclic) bond motifs is 3. The van der Waals surface area contributed by atoms with Crippen molar-refractivity contribution in [2.45, 2.75) is 38.6 Å². The Labute approximate surface area is 160 Å². The Balaban J connectivity index is 1.63. The summed E-state index contributed by atoms with van der Waals surface area (Å²) in [5, 5.41) is 11.7. The molecule has 8 heteroatoms. The monoisotopic (exact) mass is 384 g/mol. The third-order valence-corrected chi connectivity index (χ3v) is 6.09. The van der Waals surface area contributed by atoms with Crippen LogP contribution in [0.3, 0.4) is 0 Å². The molecular weight excluding hydrogens is 364 g/mol. The number of ether oxygens (including phenoxy) is 1. The lowest BCUT2D eigenvalue weighted by molar-refractivity contribution is -0.119. The van der Waals surface area contributed by atoms with E-state index in [0.717, 1.165) is 31.2 Å². The zero-order chi connectivity index (χ0) is 19.0. The van der Waals surface area contributed by atoms with E-state index in [1.54, 1.807) is 49.6 Å². The molecule has 0 aliphatic heterocycles. The number of hydrogen-bond acceptors (Lipinski definition) is 6. The molecule has 2 heterocycles. The largest absolute Gasteiger partial charge is 0.497 e. The molecule has 2 aromatic heterocycles. The SMILES string of the molecule is COc1ccc(NC(=O)[C@@H](C)n2nnc3sc4c(c3c2=O)CCCC4)cc1. The van der Waals surface area contributed by atoms with Crippen molar-refractivity contribution in [2.75, 3.05) is 12.4 Å². The fraction of sp³-hybridized carbons (Fsp3) is 0.368. The summed E-state index contributed by atoms with van der Waals surface area (Å²) in [4.78, 5) is 27.5. The summed E-state index contributed by atoms with van der Waals surface area (Å²) in [7, 11) is 1.58. The van der Waals surface area contributed by atoms with Gasteiger partial charge in [-0.3, -0.25) is 9.59 Å². The number of methoxy groups -OCH3 is 1. The molecule has 7 nitrogen and oxygen atoms in total. The van der Waals surface area contributed by atoms with Gasteiger partial charge in [0.1, 0.15) is 11.8 Å². The molecule has 0 spiro atoms. The number of nitrogens with one attached hydrogen (secondary N) is 1. The minimum Gasteiger partial charge on any atom is -0.497 e. The van der Waals surface area contributed by atoms with Gasteiger partial charge in [-0.1, -0.05) is 5.21 Å². The molecule has 0 saturated carbocycles. The molecule has 1 aliphatic rings. The van der Waals surface area contributed by atoms with Crippen LogP contribution in [0.2, 0.25) is 0 Å². The van der Waals surface area contributed by atoms with Crippen molar-refractivity contribution in [3.05, 3.63) is 45.1 Å². The van der Waals surface area contributed by atoms with Gasteiger partial charge >= 0.3 is 0 Å². The number of carbonyl (C=O) groups is 1. The second-order valence-electron chi connectivity index (χ2n) is 6.62. The van der Waals surface area contributed by atoms with Crippen molar-refractivity contribution in [1.29, 1.82) is 0 Å². The molecular formula is C19H20N4O3S. The lowest BCUT2D eigenvalue weighted by Gasteiger charge is -2.14. The first-order chi connectivity index (χ1) is 13.1. The van der Waals surface area contributed by atoms with Crippen molar-refractivity contribution in [1.82, 2.24) is 15.0 Å². The lowest BCUT2D eigenvalue weighted by Crippen LogP contribution is -2.34. The Morgan fingerprint density at radius 1 is 1.26 bits per heavy atom. The first-order valence-corrected chi connectivity index (χ1v) is 9.75. The number of benzene rings is 1. The van der Waals surface area contributed by atoms with Crippen LogP contribution in [0.5, 0.6) is 5.75 Å². The normalized spacial score (nSPS) is 14.6. The molecule has 1 atom stereocenters. The number of thiophene rings is 1. The van der Waals surface area contributed by atoms with Crippen molar-refractivity contribution in [3.63, 3.8) is 0 Å². The van der Waals surface area contributed by atoms with Crippen LogP contribution in [0, 0.1) is 0 Å². The van der Waals surface area contributed by atoms with Gasteiger partial charge in [-0.25, -0.2) is 0 Å². The number of carbonyl (C=O) groups excluding carboxylic acids is 1. The van der Waals surface area contributed by atoms with Crippen LogP contribution in [0.4, 0.5) is 5.69 Å². The van der Waals surface area contributed by atoms with E-state index in [9.17, 15) is 9.59 Å². The summed E-state index contributed by atoms with van der Waals surface area (Å²) < 4.78 is 6.29. The van der Waals surface area contributed by atoms with Crippen LogP contribution < -0.4 is 15.6 Å². The molecule has 3 aromatic rings. The van der Waals surface area contributed by atoms with Crippen LogP contribution in [-0.4, -0.2) is 28.0 Å². The number of anilines is 1. The first kappa shape index (κ1) is 17.7. The Morgan fingerprint density at radius 2 is 2.00 bits per heavy atom. The quantitative estimate of drug-likeness (QED) is 0.747. The Morgan fingerprint density at radius 3 is 2.74 bits per heavy atom. The molecule has 140 valence electrons. The molecule has 1 aromatic carbocycles. The second kappa shape index (κ2) is 7.11. The summed E-state index contributed by atoms with van der Waals surface area (Å²) in [6.45, 7) is 1.65. The average Bonchev–Trinajstić information content (AvgIpc) is 3.07. The van der Waals surface area contributed by atoms with E-state index in [1.165, 1.54) is 9.56 Å². The summed E-state index contributed by atoms with van der Waals surface area (Å²) in [5.41, 5.74) is 1.48. The highest BCUT2D eigenvalue weighted by atomic mass is 32.1. The van der Waals surface area contributed by atoms with Crippen molar-refractivity contribution >= 4 is 33.1 Å². The van der Waals surface area contributed by atoms with Crippen molar-refractivity contribution in [2.24, 2.45) is 0 Å². The second-order valence-corrected chi connectivity index (χ2v) is 7.71. The molecule has 0 bridgehead atoms. The highest BCUT2D eigenvalue weighted by Gasteiger charge is 2.24. The van der Waals surface area contributed by atoms with Crippen LogP contribution in [0.25, 0.3) is 10.2 Å². The predicted octanol–water partition coefficient (Wildman–Crippen LogP) is 2.94. The van der Waals surface area contributed by atoms with E-state index < -0.39 is 6.04 Å². The maximum Gasteiger partial charge on any atom is 0.279 e. The van der Waals surface area contributed by atoms with E-state index in [1.807, 2.05) is 0 Å². The number of aromatic nitrogens is 3. The Hall–Kier alpha value is -2.74. The fourth-order valence-electron chi connectivity index (χ4n) is 3.37. The van der Waals surface area contributed by atoms with Gasteiger partial charge in [0.15, 0.2) is 4.83 Å².